The summed E-state index contributed by atoms with van der Waals surface area (Å²) in [6.07, 6.45) is 0. The molecular weight excluding hydrogens is 617 g/mol. The summed E-state index contributed by atoms with van der Waals surface area (Å²) in [5.74, 6) is 0. The van der Waals surface area contributed by atoms with Crippen molar-refractivity contribution in [1.29, 1.82) is 0 Å². The van der Waals surface area contributed by atoms with Crippen molar-refractivity contribution in [3.05, 3.63) is 194 Å². The first-order valence-electron chi connectivity index (χ1n) is 17.2. The summed E-state index contributed by atoms with van der Waals surface area (Å²) in [6, 6.07) is 70.3. The number of benzene rings is 8. The lowest BCUT2D eigenvalue weighted by Crippen LogP contribution is -1.95. The second kappa shape index (κ2) is 12.4. The zero-order valence-corrected chi connectivity index (χ0v) is 27.4. The van der Waals surface area contributed by atoms with E-state index >= 15 is 0 Å². The van der Waals surface area contributed by atoms with Crippen molar-refractivity contribution in [2.24, 2.45) is 0 Å². The highest BCUT2D eigenvalue weighted by molar-refractivity contribution is 6.28. The Kier molecular flexibility index (Phi) is 7.37. The maximum absolute atomic E-state index is 2.44. The minimum atomic E-state index is 0. The molecule has 0 N–H and O–H groups in total. The van der Waals surface area contributed by atoms with Crippen LogP contribution >= 0.6 is 0 Å². The van der Waals surface area contributed by atoms with Crippen LogP contribution in [-0.4, -0.2) is 9.13 Å². The van der Waals surface area contributed by atoms with Crippen LogP contribution in [0.4, 0.5) is 0 Å². The third-order valence-electron chi connectivity index (χ3n) is 10.1. The van der Waals surface area contributed by atoms with E-state index < -0.39 is 0 Å². The molecule has 0 saturated carbocycles. The number of fused-ring (bicyclic) bond motifs is 7. The Balaban J connectivity index is 0.00000348. The SMILES string of the molecule is C.c1ccc(-c2ccc(-c3cccc(-n4c5ccccc5c5c6c7ccccc7n(-c7ccc(-c8ccccc8)cc7)c6ccc54)c3)cc2)cc1. The van der Waals surface area contributed by atoms with Gasteiger partial charge in [0.05, 0.1) is 22.1 Å². The topological polar surface area (TPSA) is 9.86 Å². The highest BCUT2D eigenvalue weighted by Gasteiger charge is 2.20. The zero-order valence-electron chi connectivity index (χ0n) is 27.4. The van der Waals surface area contributed by atoms with Crippen LogP contribution in [0.3, 0.4) is 0 Å². The van der Waals surface area contributed by atoms with E-state index in [9.17, 15) is 0 Å². The molecule has 2 heterocycles. The Bertz CT molecular complexity index is 2820. The molecule has 0 radical (unpaired) electrons. The molecule has 0 fully saturated rings. The predicted molar refractivity (Wildman–Crippen MR) is 218 cm³/mol. The summed E-state index contributed by atoms with van der Waals surface area (Å²) >= 11 is 0. The van der Waals surface area contributed by atoms with Gasteiger partial charge in [0.15, 0.2) is 0 Å². The molecule has 0 amide bonds. The first kappa shape index (κ1) is 30.4. The van der Waals surface area contributed by atoms with E-state index in [0.717, 1.165) is 11.4 Å². The summed E-state index contributed by atoms with van der Waals surface area (Å²) in [4.78, 5) is 0. The van der Waals surface area contributed by atoms with Crippen molar-refractivity contribution < 1.29 is 0 Å². The summed E-state index contributed by atoms with van der Waals surface area (Å²) in [5.41, 5.74) is 14.4. The molecule has 2 nitrogen and oxygen atoms in total. The Morgan fingerprint density at radius 1 is 0.255 bits per heavy atom. The molecule has 2 aromatic heterocycles. The van der Waals surface area contributed by atoms with Gasteiger partial charge in [-0.15, -0.1) is 0 Å². The summed E-state index contributed by atoms with van der Waals surface area (Å²) < 4.78 is 4.86. The number of para-hydroxylation sites is 2. The maximum atomic E-state index is 2.44. The predicted octanol–water partition coefficient (Wildman–Crippen LogP) is 13.5. The molecule has 0 unspecified atom stereocenters. The molecule has 51 heavy (non-hydrogen) atoms. The lowest BCUT2D eigenvalue weighted by molar-refractivity contribution is 1.17. The van der Waals surface area contributed by atoms with Crippen LogP contribution in [-0.2, 0) is 0 Å². The smallest absolute Gasteiger partial charge is 0.0548 e. The van der Waals surface area contributed by atoms with E-state index in [1.165, 1.54) is 77.0 Å². The fraction of sp³-hybridized carbons (Fsp3) is 0.0204. The quantitative estimate of drug-likeness (QED) is 0.175. The highest BCUT2D eigenvalue weighted by atomic mass is 15.0. The monoisotopic (exact) mass is 652 g/mol. The fourth-order valence-electron chi connectivity index (χ4n) is 7.82. The third-order valence-corrected chi connectivity index (χ3v) is 10.1. The molecular formula is C49H36N2. The third kappa shape index (κ3) is 4.95. The van der Waals surface area contributed by atoms with Crippen LogP contribution in [0.1, 0.15) is 7.43 Å². The molecule has 0 aliphatic rings. The van der Waals surface area contributed by atoms with Crippen LogP contribution in [0.2, 0.25) is 0 Å². The van der Waals surface area contributed by atoms with Crippen molar-refractivity contribution in [2.45, 2.75) is 7.43 Å². The van der Waals surface area contributed by atoms with Crippen LogP contribution < -0.4 is 0 Å². The van der Waals surface area contributed by atoms with Crippen molar-refractivity contribution in [2.75, 3.05) is 0 Å². The largest absolute Gasteiger partial charge is 0.309 e. The minimum absolute atomic E-state index is 0. The molecule has 0 spiro atoms. The molecule has 10 aromatic rings. The molecule has 8 aromatic carbocycles. The lowest BCUT2D eigenvalue weighted by Gasteiger charge is -2.12. The fourth-order valence-corrected chi connectivity index (χ4v) is 7.82. The normalized spacial score (nSPS) is 11.4. The number of nitrogens with zero attached hydrogens (tertiary/aromatic N) is 2. The van der Waals surface area contributed by atoms with Crippen molar-refractivity contribution in [3.8, 4) is 44.8 Å². The molecule has 10 rings (SSSR count). The van der Waals surface area contributed by atoms with Gasteiger partial charge in [0.2, 0.25) is 0 Å². The highest BCUT2D eigenvalue weighted by Crippen LogP contribution is 2.42. The molecule has 0 aliphatic carbocycles. The van der Waals surface area contributed by atoms with E-state index in [0.29, 0.717) is 0 Å². The minimum Gasteiger partial charge on any atom is -0.309 e. The molecule has 242 valence electrons. The molecule has 0 atom stereocenters. The van der Waals surface area contributed by atoms with E-state index in [1.807, 2.05) is 0 Å². The second-order valence-corrected chi connectivity index (χ2v) is 13.0. The average molecular weight is 653 g/mol. The summed E-state index contributed by atoms with van der Waals surface area (Å²) in [6.45, 7) is 0. The Hall–Kier alpha value is -6.64. The van der Waals surface area contributed by atoms with Gasteiger partial charge in [-0.3, -0.25) is 0 Å². The number of rotatable bonds is 5. The number of hydrogen-bond donors (Lipinski definition) is 0. The summed E-state index contributed by atoms with van der Waals surface area (Å²) in [7, 11) is 0. The van der Waals surface area contributed by atoms with Crippen molar-refractivity contribution in [3.63, 3.8) is 0 Å². The van der Waals surface area contributed by atoms with Crippen LogP contribution in [0.25, 0.3) is 88.4 Å². The van der Waals surface area contributed by atoms with Crippen molar-refractivity contribution in [1.82, 2.24) is 9.13 Å². The maximum Gasteiger partial charge on any atom is 0.0548 e. The van der Waals surface area contributed by atoms with Gasteiger partial charge in [0.25, 0.3) is 0 Å². The van der Waals surface area contributed by atoms with E-state index in [2.05, 4.69) is 203 Å². The van der Waals surface area contributed by atoms with E-state index in [-0.39, 0.29) is 7.43 Å². The number of aromatic nitrogens is 2. The van der Waals surface area contributed by atoms with Gasteiger partial charge in [0.1, 0.15) is 0 Å². The van der Waals surface area contributed by atoms with Gasteiger partial charge in [-0.25, -0.2) is 0 Å². The van der Waals surface area contributed by atoms with Crippen molar-refractivity contribution >= 4 is 43.6 Å². The molecule has 0 aliphatic heterocycles. The van der Waals surface area contributed by atoms with Crippen LogP contribution in [0, 0.1) is 0 Å². The number of hydrogen-bond acceptors (Lipinski definition) is 0. The second-order valence-electron chi connectivity index (χ2n) is 13.0. The van der Waals surface area contributed by atoms with Gasteiger partial charge in [-0.05, 0) is 81.9 Å². The zero-order chi connectivity index (χ0) is 33.0. The van der Waals surface area contributed by atoms with Gasteiger partial charge in [0, 0.05) is 32.9 Å². The Morgan fingerprint density at radius 3 is 1.18 bits per heavy atom. The van der Waals surface area contributed by atoms with Gasteiger partial charge in [-0.1, -0.05) is 153 Å². The van der Waals surface area contributed by atoms with Crippen LogP contribution in [0.5, 0.6) is 0 Å². The Morgan fingerprint density at radius 2 is 0.647 bits per heavy atom. The Labute approximate surface area is 298 Å². The van der Waals surface area contributed by atoms with E-state index in [4.69, 9.17) is 0 Å². The van der Waals surface area contributed by atoms with Gasteiger partial charge < -0.3 is 9.13 Å². The first-order valence-corrected chi connectivity index (χ1v) is 17.2. The lowest BCUT2D eigenvalue weighted by atomic mass is 10.00. The summed E-state index contributed by atoms with van der Waals surface area (Å²) in [5, 5.41) is 5.09. The van der Waals surface area contributed by atoms with Gasteiger partial charge in [-0.2, -0.15) is 0 Å². The van der Waals surface area contributed by atoms with Crippen LogP contribution in [0.15, 0.2) is 194 Å². The van der Waals surface area contributed by atoms with E-state index in [1.54, 1.807) is 0 Å². The van der Waals surface area contributed by atoms with Gasteiger partial charge >= 0.3 is 0 Å². The standard InChI is InChI=1S/C48H32N2.CH4/c1-3-12-33(13-4-1)35-22-24-37(25-23-35)38-16-11-17-40(32-38)50-44-21-10-8-19-42(44)48-46(50)31-30-45-47(48)41-18-7-9-20-43(41)49(45)39-28-26-36(27-29-39)34-14-5-2-6-15-34;/h1-32H;1H4. The first-order chi connectivity index (χ1) is 24.8. The molecule has 0 saturated heterocycles. The molecule has 2 heteroatoms. The average Bonchev–Trinajstić information content (AvgIpc) is 3.72. The molecule has 0 bridgehead atoms.